The molecule has 5 heteroatoms. The molecule has 0 aromatic heterocycles. The first-order valence-electron chi connectivity index (χ1n) is 7.60. The molecule has 4 rings (SSSR count). The van der Waals surface area contributed by atoms with Gasteiger partial charge in [-0.2, -0.15) is 0 Å². The summed E-state index contributed by atoms with van der Waals surface area (Å²) < 4.78 is 6.66. The Bertz CT molecular complexity index is 711. The van der Waals surface area contributed by atoms with Crippen LogP contribution in [-0.2, 0) is 9.53 Å². The summed E-state index contributed by atoms with van der Waals surface area (Å²) in [5, 5.41) is 0. The second kappa shape index (κ2) is 6.06. The van der Waals surface area contributed by atoms with Crippen molar-refractivity contribution in [1.29, 1.82) is 0 Å². The topological polar surface area (TPSA) is 29.5 Å². The number of amides is 1. The Balaban J connectivity index is 1.60. The van der Waals surface area contributed by atoms with Gasteiger partial charge in [0.2, 0.25) is 0 Å². The Morgan fingerprint density at radius 3 is 2.43 bits per heavy atom. The second-order valence-electron chi connectivity index (χ2n) is 5.77. The molecule has 2 aliphatic rings. The van der Waals surface area contributed by atoms with E-state index in [4.69, 9.17) is 4.74 Å². The molecule has 2 fully saturated rings. The third-order valence-electron chi connectivity index (χ3n) is 4.29. The van der Waals surface area contributed by atoms with Gasteiger partial charge in [0, 0.05) is 0 Å². The van der Waals surface area contributed by atoms with Crippen molar-refractivity contribution in [2.45, 2.75) is 21.9 Å². The zero-order valence-electron chi connectivity index (χ0n) is 12.4. The van der Waals surface area contributed by atoms with Crippen LogP contribution in [0.4, 0.5) is 0 Å². The van der Waals surface area contributed by atoms with E-state index in [1.807, 2.05) is 41.3 Å². The molecule has 23 heavy (non-hydrogen) atoms. The second-order valence-corrected chi connectivity index (χ2v) is 11.2. The minimum atomic E-state index is -0.501. The summed E-state index contributed by atoms with van der Waals surface area (Å²) in [7, 11) is 0. The molecule has 0 aliphatic carbocycles. The van der Waals surface area contributed by atoms with E-state index in [9.17, 15) is 4.79 Å². The van der Waals surface area contributed by atoms with Crippen LogP contribution in [0, 0.1) is 0 Å². The molecular weight excluding hydrogens is 421 g/mol. The van der Waals surface area contributed by atoms with Crippen LogP contribution in [0.15, 0.2) is 60.7 Å². The fourth-order valence-electron chi connectivity index (χ4n) is 3.19. The van der Waals surface area contributed by atoms with Crippen molar-refractivity contribution in [1.82, 2.24) is 4.90 Å². The number of rotatable bonds is 3. The van der Waals surface area contributed by atoms with Gasteiger partial charge in [-0.25, -0.2) is 0 Å². The predicted molar refractivity (Wildman–Crippen MR) is 93.9 cm³/mol. The number of halogens is 1. The van der Waals surface area contributed by atoms with Gasteiger partial charge in [0.25, 0.3) is 0 Å². The SMILES string of the molecule is O=C1N2[C@@H](c3ccccc3)CO[C@@H]2C[C@]1(Br)[Se]c1ccccc1. The summed E-state index contributed by atoms with van der Waals surface area (Å²) in [6.45, 7) is 0.585. The van der Waals surface area contributed by atoms with E-state index >= 15 is 0 Å². The molecule has 3 atom stereocenters. The zero-order chi connectivity index (χ0) is 15.9. The van der Waals surface area contributed by atoms with Crippen LogP contribution in [0.5, 0.6) is 0 Å². The normalized spacial score (nSPS) is 29.8. The molecule has 3 nitrogen and oxygen atoms in total. The van der Waals surface area contributed by atoms with Crippen LogP contribution in [0.2, 0.25) is 0 Å². The van der Waals surface area contributed by atoms with Gasteiger partial charge in [-0.05, 0) is 0 Å². The van der Waals surface area contributed by atoms with E-state index in [1.54, 1.807) is 0 Å². The molecule has 2 aromatic carbocycles. The van der Waals surface area contributed by atoms with Crippen molar-refractivity contribution in [3.8, 4) is 0 Å². The average Bonchev–Trinajstić information content (AvgIpc) is 3.08. The van der Waals surface area contributed by atoms with Gasteiger partial charge < -0.3 is 0 Å². The molecule has 118 valence electrons. The number of ether oxygens (including phenoxy) is 1. The van der Waals surface area contributed by atoms with Crippen molar-refractivity contribution >= 4 is 41.3 Å². The summed E-state index contributed by atoms with van der Waals surface area (Å²) in [4.78, 5) is 15.1. The fraction of sp³-hybridized carbons (Fsp3) is 0.278. The number of alkyl halides is 1. The van der Waals surface area contributed by atoms with E-state index in [-0.39, 0.29) is 33.1 Å². The quantitative estimate of drug-likeness (QED) is 0.546. The minimum absolute atomic E-state index is 0.0275. The van der Waals surface area contributed by atoms with Crippen LogP contribution in [0.1, 0.15) is 18.0 Å². The molecule has 2 aromatic rings. The Morgan fingerprint density at radius 1 is 1.09 bits per heavy atom. The Labute approximate surface area is 150 Å². The number of fused-ring (bicyclic) bond motifs is 1. The fourth-order valence-corrected chi connectivity index (χ4v) is 6.92. The Hall–Kier alpha value is -1.13. The third-order valence-corrected chi connectivity index (χ3v) is 8.26. The number of carbonyl (C=O) groups excluding carboxylic acids is 1. The molecule has 2 saturated heterocycles. The van der Waals surface area contributed by atoms with Crippen molar-refractivity contribution in [3.63, 3.8) is 0 Å². The maximum atomic E-state index is 13.1. The predicted octanol–water partition coefficient (Wildman–Crippen LogP) is 2.44. The molecular formula is C18H16BrNO2Se. The summed E-state index contributed by atoms with van der Waals surface area (Å²) >= 11 is 3.79. The summed E-state index contributed by atoms with van der Waals surface area (Å²) in [6, 6.07) is 20.4. The van der Waals surface area contributed by atoms with Crippen LogP contribution in [-0.4, -0.2) is 41.8 Å². The van der Waals surface area contributed by atoms with Gasteiger partial charge in [0.15, 0.2) is 0 Å². The molecule has 0 bridgehead atoms. The van der Waals surface area contributed by atoms with Crippen molar-refractivity contribution in [2.75, 3.05) is 6.61 Å². The first-order chi connectivity index (χ1) is 11.2. The van der Waals surface area contributed by atoms with Crippen molar-refractivity contribution in [2.24, 2.45) is 0 Å². The van der Waals surface area contributed by atoms with E-state index < -0.39 is 3.22 Å². The Morgan fingerprint density at radius 2 is 1.74 bits per heavy atom. The molecule has 2 aliphatic heterocycles. The first kappa shape index (κ1) is 15.4. The molecule has 2 heterocycles. The number of hydrogen-bond acceptors (Lipinski definition) is 2. The zero-order valence-corrected chi connectivity index (χ0v) is 15.7. The van der Waals surface area contributed by atoms with Crippen LogP contribution >= 0.6 is 15.9 Å². The van der Waals surface area contributed by atoms with Gasteiger partial charge in [-0.1, -0.05) is 0 Å². The maximum absolute atomic E-state index is 13.1. The van der Waals surface area contributed by atoms with Crippen molar-refractivity contribution in [3.05, 3.63) is 66.2 Å². The number of benzene rings is 2. The van der Waals surface area contributed by atoms with E-state index in [1.165, 1.54) is 4.46 Å². The van der Waals surface area contributed by atoms with Gasteiger partial charge in [-0.15, -0.1) is 0 Å². The molecule has 0 saturated carbocycles. The van der Waals surface area contributed by atoms with Crippen LogP contribution in [0.3, 0.4) is 0 Å². The van der Waals surface area contributed by atoms with Gasteiger partial charge in [-0.3, -0.25) is 0 Å². The number of carbonyl (C=O) groups is 1. The summed E-state index contributed by atoms with van der Waals surface area (Å²) in [5.74, 6) is 0.165. The summed E-state index contributed by atoms with van der Waals surface area (Å²) in [6.07, 6.45) is 0.599. The van der Waals surface area contributed by atoms with E-state index in [0.717, 1.165) is 5.56 Å². The molecule has 1 amide bonds. The Kier molecular flexibility index (Phi) is 4.06. The average molecular weight is 437 g/mol. The van der Waals surface area contributed by atoms with E-state index in [0.29, 0.717) is 13.0 Å². The van der Waals surface area contributed by atoms with Crippen LogP contribution in [0.25, 0.3) is 0 Å². The van der Waals surface area contributed by atoms with Gasteiger partial charge in [0.05, 0.1) is 0 Å². The molecule has 0 unspecified atom stereocenters. The third kappa shape index (κ3) is 2.76. The monoisotopic (exact) mass is 437 g/mol. The molecule has 0 radical (unpaired) electrons. The standard InChI is InChI=1S/C18H16BrNO2Se/c19-18(23-14-9-5-2-6-10-14)11-16-20(17(18)21)15(12-22-16)13-7-3-1-4-8-13/h1-10,15-16H,11-12H2/t15-,16-,18+/m1/s1. The van der Waals surface area contributed by atoms with Gasteiger partial charge >= 0.3 is 150 Å². The van der Waals surface area contributed by atoms with Crippen LogP contribution < -0.4 is 4.46 Å². The van der Waals surface area contributed by atoms with Crippen molar-refractivity contribution < 1.29 is 9.53 Å². The molecule has 0 spiro atoms. The van der Waals surface area contributed by atoms with E-state index in [2.05, 4.69) is 40.2 Å². The number of nitrogens with zero attached hydrogens (tertiary/aromatic N) is 1. The summed E-state index contributed by atoms with van der Waals surface area (Å²) in [5.41, 5.74) is 1.15. The molecule has 0 N–H and O–H groups in total. The first-order valence-corrected chi connectivity index (χ1v) is 10.1. The van der Waals surface area contributed by atoms with Gasteiger partial charge in [0.1, 0.15) is 0 Å². The number of hydrogen-bond donors (Lipinski definition) is 0.